The van der Waals surface area contributed by atoms with E-state index < -0.39 is 0 Å². The number of nitrogens with one attached hydrogen (secondary N) is 1. The molecule has 2 rings (SSSR count). The summed E-state index contributed by atoms with van der Waals surface area (Å²) in [7, 11) is 0. The van der Waals surface area contributed by atoms with E-state index in [0.29, 0.717) is 18.1 Å². The van der Waals surface area contributed by atoms with Crippen LogP contribution in [0.15, 0.2) is 24.4 Å². The summed E-state index contributed by atoms with van der Waals surface area (Å²) >= 11 is 0. The fraction of sp³-hybridized carbons (Fsp3) is 0.615. The van der Waals surface area contributed by atoms with E-state index in [1.807, 2.05) is 18.3 Å². The van der Waals surface area contributed by atoms with E-state index in [9.17, 15) is 0 Å². The van der Waals surface area contributed by atoms with Crippen LogP contribution < -0.4 is 5.32 Å². The molecule has 1 aliphatic rings. The normalized spacial score (nSPS) is 26.9. The summed E-state index contributed by atoms with van der Waals surface area (Å²) in [5, 5.41) is 3.53. The van der Waals surface area contributed by atoms with Crippen LogP contribution >= 0.6 is 0 Å². The molecular formula is C13H20N2O. The Morgan fingerprint density at radius 2 is 2.44 bits per heavy atom. The van der Waals surface area contributed by atoms with Crippen LogP contribution in [-0.2, 0) is 4.74 Å². The highest BCUT2D eigenvalue weighted by Gasteiger charge is 2.24. The lowest BCUT2D eigenvalue weighted by molar-refractivity contribution is 0.105. The number of nitrogens with zero attached hydrogens (tertiary/aromatic N) is 1. The third kappa shape index (κ3) is 2.80. The highest BCUT2D eigenvalue weighted by Crippen LogP contribution is 2.20. The number of pyridine rings is 1. The Bertz CT molecular complexity index is 315. The summed E-state index contributed by atoms with van der Waals surface area (Å²) in [6.45, 7) is 6.23. The molecule has 1 fully saturated rings. The van der Waals surface area contributed by atoms with E-state index in [1.54, 1.807) is 0 Å². The molecule has 3 heteroatoms. The maximum absolute atomic E-state index is 5.55. The smallest absolute Gasteiger partial charge is 0.0588 e. The number of ether oxygens (including phenoxy) is 1. The van der Waals surface area contributed by atoms with Crippen molar-refractivity contribution in [3.05, 3.63) is 30.1 Å². The fourth-order valence-corrected chi connectivity index (χ4v) is 2.11. The molecule has 2 heterocycles. The van der Waals surface area contributed by atoms with E-state index in [1.165, 1.54) is 6.42 Å². The maximum atomic E-state index is 5.55. The molecule has 1 aromatic rings. The summed E-state index contributed by atoms with van der Waals surface area (Å²) in [5.74, 6) is 0.645. The molecule has 3 atom stereocenters. The summed E-state index contributed by atoms with van der Waals surface area (Å²) in [4.78, 5) is 4.35. The molecule has 1 saturated heterocycles. The first-order valence-corrected chi connectivity index (χ1v) is 6.03. The van der Waals surface area contributed by atoms with Crippen molar-refractivity contribution in [2.24, 2.45) is 5.92 Å². The summed E-state index contributed by atoms with van der Waals surface area (Å²) in [6, 6.07) is 6.35. The maximum Gasteiger partial charge on any atom is 0.0588 e. The topological polar surface area (TPSA) is 34.1 Å². The van der Waals surface area contributed by atoms with Crippen LogP contribution in [0, 0.1) is 5.92 Å². The van der Waals surface area contributed by atoms with Crippen molar-refractivity contribution in [3.63, 3.8) is 0 Å². The van der Waals surface area contributed by atoms with Crippen LogP contribution in [0.1, 0.15) is 32.0 Å². The van der Waals surface area contributed by atoms with Crippen LogP contribution in [0.4, 0.5) is 0 Å². The molecule has 0 aliphatic carbocycles. The Morgan fingerprint density at radius 3 is 3.06 bits per heavy atom. The molecule has 0 bridgehead atoms. The van der Waals surface area contributed by atoms with E-state index >= 15 is 0 Å². The highest BCUT2D eigenvalue weighted by molar-refractivity contribution is 5.07. The predicted molar refractivity (Wildman–Crippen MR) is 64.2 cm³/mol. The molecule has 0 radical (unpaired) electrons. The Labute approximate surface area is 97.2 Å². The Balaban J connectivity index is 1.82. The Kier molecular flexibility index (Phi) is 3.91. The standard InChI is InChI=1S/C13H20N2O/c1-10(13-5-3-4-7-14-13)15-9-12-6-8-16-11(12)2/h3-5,7,10-12,15H,6,8-9H2,1-2H3. The molecule has 1 aromatic heterocycles. The monoisotopic (exact) mass is 220 g/mol. The summed E-state index contributed by atoms with van der Waals surface area (Å²) < 4.78 is 5.55. The van der Waals surface area contributed by atoms with Gasteiger partial charge in [0.2, 0.25) is 0 Å². The number of hydrogen-bond donors (Lipinski definition) is 1. The first kappa shape index (κ1) is 11.6. The summed E-state index contributed by atoms with van der Waals surface area (Å²) in [6.07, 6.45) is 3.40. The van der Waals surface area contributed by atoms with Gasteiger partial charge >= 0.3 is 0 Å². The molecule has 3 nitrogen and oxygen atoms in total. The van der Waals surface area contributed by atoms with Crippen molar-refractivity contribution in [3.8, 4) is 0 Å². The van der Waals surface area contributed by atoms with E-state index in [2.05, 4.69) is 30.2 Å². The SMILES string of the molecule is CC(NCC1CCOC1C)c1ccccn1. The van der Waals surface area contributed by atoms with Crippen molar-refractivity contribution < 1.29 is 4.74 Å². The molecule has 0 saturated carbocycles. The van der Waals surface area contributed by atoms with Gasteiger partial charge in [-0.2, -0.15) is 0 Å². The van der Waals surface area contributed by atoms with Crippen molar-refractivity contribution >= 4 is 0 Å². The van der Waals surface area contributed by atoms with Crippen LogP contribution in [0.25, 0.3) is 0 Å². The van der Waals surface area contributed by atoms with Crippen molar-refractivity contribution in [2.75, 3.05) is 13.2 Å². The van der Waals surface area contributed by atoms with Crippen LogP contribution in [0.5, 0.6) is 0 Å². The van der Waals surface area contributed by atoms with Gasteiger partial charge in [0.15, 0.2) is 0 Å². The van der Waals surface area contributed by atoms with Gasteiger partial charge in [0.25, 0.3) is 0 Å². The molecule has 3 unspecified atom stereocenters. The molecule has 16 heavy (non-hydrogen) atoms. The molecule has 0 aromatic carbocycles. The summed E-state index contributed by atoms with van der Waals surface area (Å²) in [5.41, 5.74) is 1.11. The lowest BCUT2D eigenvalue weighted by atomic mass is 10.0. The van der Waals surface area contributed by atoms with E-state index in [-0.39, 0.29) is 0 Å². The lowest BCUT2D eigenvalue weighted by Crippen LogP contribution is -2.29. The van der Waals surface area contributed by atoms with Gasteiger partial charge in [-0.1, -0.05) is 6.07 Å². The van der Waals surface area contributed by atoms with Gasteiger partial charge in [-0.05, 0) is 38.3 Å². The van der Waals surface area contributed by atoms with Crippen LogP contribution in [0.3, 0.4) is 0 Å². The average Bonchev–Trinajstić information content (AvgIpc) is 2.73. The molecule has 0 spiro atoms. The lowest BCUT2D eigenvalue weighted by Gasteiger charge is -2.18. The Morgan fingerprint density at radius 1 is 1.56 bits per heavy atom. The molecule has 1 aliphatic heterocycles. The van der Waals surface area contributed by atoms with Gasteiger partial charge in [-0.3, -0.25) is 4.98 Å². The van der Waals surface area contributed by atoms with Crippen molar-refractivity contribution in [2.45, 2.75) is 32.4 Å². The second-order valence-corrected chi connectivity index (χ2v) is 4.51. The van der Waals surface area contributed by atoms with Gasteiger partial charge in [0.05, 0.1) is 11.8 Å². The first-order valence-electron chi connectivity index (χ1n) is 6.03. The van der Waals surface area contributed by atoms with Gasteiger partial charge in [-0.25, -0.2) is 0 Å². The van der Waals surface area contributed by atoms with Gasteiger partial charge in [0, 0.05) is 25.4 Å². The second-order valence-electron chi connectivity index (χ2n) is 4.51. The highest BCUT2D eigenvalue weighted by atomic mass is 16.5. The third-order valence-corrected chi connectivity index (χ3v) is 3.35. The second kappa shape index (κ2) is 5.41. The Hall–Kier alpha value is -0.930. The number of rotatable bonds is 4. The van der Waals surface area contributed by atoms with Gasteiger partial charge in [0.1, 0.15) is 0 Å². The van der Waals surface area contributed by atoms with Crippen molar-refractivity contribution in [1.29, 1.82) is 0 Å². The van der Waals surface area contributed by atoms with Crippen LogP contribution in [0.2, 0.25) is 0 Å². The zero-order valence-electron chi connectivity index (χ0n) is 10.0. The molecule has 0 amide bonds. The number of aromatic nitrogens is 1. The first-order chi connectivity index (χ1) is 7.77. The van der Waals surface area contributed by atoms with Gasteiger partial charge < -0.3 is 10.1 Å². The quantitative estimate of drug-likeness (QED) is 0.844. The largest absolute Gasteiger partial charge is 0.378 e. The minimum Gasteiger partial charge on any atom is -0.378 e. The minimum atomic E-state index is 0.314. The zero-order chi connectivity index (χ0) is 11.4. The third-order valence-electron chi connectivity index (χ3n) is 3.35. The minimum absolute atomic E-state index is 0.314. The predicted octanol–water partition coefficient (Wildman–Crippen LogP) is 2.16. The molecule has 1 N–H and O–H groups in total. The van der Waals surface area contributed by atoms with Crippen LogP contribution in [-0.4, -0.2) is 24.2 Å². The van der Waals surface area contributed by atoms with E-state index in [4.69, 9.17) is 4.74 Å². The molecule has 88 valence electrons. The van der Waals surface area contributed by atoms with Crippen molar-refractivity contribution in [1.82, 2.24) is 10.3 Å². The van der Waals surface area contributed by atoms with Gasteiger partial charge in [-0.15, -0.1) is 0 Å². The van der Waals surface area contributed by atoms with E-state index in [0.717, 1.165) is 18.8 Å². The number of hydrogen-bond acceptors (Lipinski definition) is 3. The zero-order valence-corrected chi connectivity index (χ0v) is 10.0. The average molecular weight is 220 g/mol. The fourth-order valence-electron chi connectivity index (χ4n) is 2.11. The molecular weight excluding hydrogens is 200 g/mol.